The number of nitrogens with zero attached hydrogens (tertiary/aromatic N) is 3. The van der Waals surface area contributed by atoms with Crippen molar-refractivity contribution in [2.75, 3.05) is 17.2 Å². The average Bonchev–Trinajstić information content (AvgIpc) is 2.82. The molecule has 0 atom stereocenters. The second-order valence-electron chi connectivity index (χ2n) is 4.15. The minimum absolute atomic E-state index is 0.196. The summed E-state index contributed by atoms with van der Waals surface area (Å²) >= 11 is 0. The van der Waals surface area contributed by atoms with Gasteiger partial charge < -0.3 is 10.6 Å². The van der Waals surface area contributed by atoms with Crippen molar-refractivity contribution in [1.29, 1.82) is 0 Å². The summed E-state index contributed by atoms with van der Waals surface area (Å²) < 4.78 is 1.60. The van der Waals surface area contributed by atoms with Gasteiger partial charge in [0.2, 0.25) is 0 Å². The Balaban J connectivity index is 2.01. The van der Waals surface area contributed by atoms with Crippen molar-refractivity contribution < 1.29 is 4.79 Å². The summed E-state index contributed by atoms with van der Waals surface area (Å²) in [5, 5.41) is 9.92. The number of aromatic nitrogens is 3. The topological polar surface area (TPSA) is 71.8 Å². The van der Waals surface area contributed by atoms with Crippen molar-refractivity contribution in [1.82, 2.24) is 14.8 Å². The molecule has 100 valence electrons. The number of carbonyl (C=O) groups excluding carboxylic acids is 1. The van der Waals surface area contributed by atoms with Gasteiger partial charge in [0.25, 0.3) is 5.91 Å². The zero-order chi connectivity index (χ0) is 13.7. The molecule has 1 amide bonds. The Labute approximate surface area is 111 Å². The summed E-state index contributed by atoms with van der Waals surface area (Å²) in [5.74, 6) is 1.23. The lowest BCUT2D eigenvalue weighted by atomic mass is 10.2. The van der Waals surface area contributed by atoms with E-state index < -0.39 is 0 Å². The van der Waals surface area contributed by atoms with Crippen LogP contribution in [0.2, 0.25) is 0 Å². The summed E-state index contributed by atoms with van der Waals surface area (Å²) in [5.41, 5.74) is 0.517. The van der Waals surface area contributed by atoms with E-state index in [9.17, 15) is 4.79 Å². The van der Waals surface area contributed by atoms with E-state index in [1.54, 1.807) is 42.3 Å². The van der Waals surface area contributed by atoms with Gasteiger partial charge in [-0.3, -0.25) is 9.48 Å². The molecule has 0 saturated carbocycles. The van der Waals surface area contributed by atoms with Crippen molar-refractivity contribution in [2.45, 2.75) is 13.3 Å². The zero-order valence-electron chi connectivity index (χ0n) is 11.1. The van der Waals surface area contributed by atoms with E-state index in [4.69, 9.17) is 0 Å². The fraction of sp³-hybridized carbons (Fsp3) is 0.308. The number of anilines is 2. The second-order valence-corrected chi connectivity index (χ2v) is 4.15. The number of aryl methyl sites for hydroxylation is 1. The first kappa shape index (κ1) is 13.1. The molecule has 0 saturated heterocycles. The maximum Gasteiger partial charge on any atom is 0.258 e. The van der Waals surface area contributed by atoms with Gasteiger partial charge in [-0.15, -0.1) is 0 Å². The highest BCUT2D eigenvalue weighted by Gasteiger charge is 2.08. The first-order valence-electron chi connectivity index (χ1n) is 6.20. The van der Waals surface area contributed by atoms with Crippen molar-refractivity contribution >= 4 is 17.5 Å². The van der Waals surface area contributed by atoms with Crippen LogP contribution in [0, 0.1) is 0 Å². The smallest absolute Gasteiger partial charge is 0.258 e. The number of carbonyl (C=O) groups is 1. The molecular formula is C13H17N5O. The summed E-state index contributed by atoms with van der Waals surface area (Å²) in [4.78, 5) is 16.2. The summed E-state index contributed by atoms with van der Waals surface area (Å²) in [6.45, 7) is 2.95. The first-order valence-corrected chi connectivity index (χ1v) is 6.20. The van der Waals surface area contributed by atoms with Gasteiger partial charge in [-0.2, -0.15) is 5.10 Å². The molecule has 6 heteroatoms. The van der Waals surface area contributed by atoms with Crippen LogP contribution in [-0.4, -0.2) is 27.2 Å². The van der Waals surface area contributed by atoms with E-state index >= 15 is 0 Å². The molecule has 0 unspecified atom stereocenters. The Hall–Kier alpha value is -2.37. The molecule has 0 bridgehead atoms. The zero-order valence-corrected chi connectivity index (χ0v) is 11.1. The second kappa shape index (κ2) is 5.99. The maximum atomic E-state index is 12.0. The number of amides is 1. The van der Waals surface area contributed by atoms with E-state index in [0.29, 0.717) is 11.4 Å². The molecule has 0 radical (unpaired) electrons. The van der Waals surface area contributed by atoms with E-state index in [2.05, 4.69) is 27.6 Å². The quantitative estimate of drug-likeness (QED) is 0.860. The molecule has 0 aromatic carbocycles. The van der Waals surface area contributed by atoms with Crippen LogP contribution in [-0.2, 0) is 7.05 Å². The molecular weight excluding hydrogens is 242 g/mol. The van der Waals surface area contributed by atoms with Gasteiger partial charge in [0.15, 0.2) is 0 Å². The Bertz CT molecular complexity index is 546. The molecule has 0 fully saturated rings. The van der Waals surface area contributed by atoms with Crippen molar-refractivity contribution in [2.24, 2.45) is 7.05 Å². The summed E-state index contributed by atoms with van der Waals surface area (Å²) in [6.07, 6.45) is 4.22. The molecule has 2 N–H and O–H groups in total. The Kier molecular flexibility index (Phi) is 4.12. The molecule has 2 rings (SSSR count). The molecule has 0 aliphatic heterocycles. The summed E-state index contributed by atoms with van der Waals surface area (Å²) in [7, 11) is 1.77. The third-order valence-electron chi connectivity index (χ3n) is 2.64. The van der Waals surface area contributed by atoms with Crippen LogP contribution in [0.1, 0.15) is 23.7 Å². The highest BCUT2D eigenvalue weighted by Crippen LogP contribution is 2.09. The number of rotatable bonds is 5. The van der Waals surface area contributed by atoms with Gasteiger partial charge in [-0.05, 0) is 18.6 Å². The minimum Gasteiger partial charge on any atom is -0.370 e. The fourth-order valence-electron chi connectivity index (χ4n) is 1.57. The van der Waals surface area contributed by atoms with Gasteiger partial charge in [0.05, 0.1) is 11.8 Å². The van der Waals surface area contributed by atoms with Crippen LogP contribution in [0.25, 0.3) is 0 Å². The SMILES string of the molecule is CCCNc1ccc(C(=O)Nc2ccnn2C)cn1. The largest absolute Gasteiger partial charge is 0.370 e. The van der Waals surface area contributed by atoms with E-state index in [1.807, 2.05) is 0 Å². The number of pyridine rings is 1. The van der Waals surface area contributed by atoms with Gasteiger partial charge >= 0.3 is 0 Å². The monoisotopic (exact) mass is 259 g/mol. The van der Waals surface area contributed by atoms with Crippen molar-refractivity contribution in [3.05, 3.63) is 36.2 Å². The normalized spacial score (nSPS) is 10.2. The first-order chi connectivity index (χ1) is 9.20. The lowest BCUT2D eigenvalue weighted by molar-refractivity contribution is 0.102. The predicted molar refractivity (Wildman–Crippen MR) is 74.2 cm³/mol. The standard InChI is InChI=1S/C13H17N5O/c1-3-7-14-11-5-4-10(9-15-11)13(19)17-12-6-8-16-18(12)2/h4-6,8-9H,3,7H2,1-2H3,(H,14,15)(H,17,19). The molecule has 0 aliphatic rings. The van der Waals surface area contributed by atoms with Gasteiger partial charge in [0, 0.05) is 25.9 Å². The minimum atomic E-state index is -0.196. The van der Waals surface area contributed by atoms with E-state index in [-0.39, 0.29) is 5.91 Å². The van der Waals surface area contributed by atoms with Crippen LogP contribution in [0.4, 0.5) is 11.6 Å². The molecule has 2 heterocycles. The van der Waals surface area contributed by atoms with Crippen LogP contribution in [0.3, 0.4) is 0 Å². The van der Waals surface area contributed by atoms with Crippen LogP contribution in [0.15, 0.2) is 30.6 Å². The van der Waals surface area contributed by atoms with E-state index in [1.165, 1.54) is 0 Å². The molecule has 19 heavy (non-hydrogen) atoms. The van der Waals surface area contributed by atoms with Gasteiger partial charge in [-0.1, -0.05) is 6.92 Å². The predicted octanol–water partition coefficient (Wildman–Crippen LogP) is 1.89. The number of nitrogens with one attached hydrogen (secondary N) is 2. The van der Waals surface area contributed by atoms with Crippen molar-refractivity contribution in [3.8, 4) is 0 Å². The van der Waals surface area contributed by atoms with Crippen LogP contribution >= 0.6 is 0 Å². The fourth-order valence-corrected chi connectivity index (χ4v) is 1.57. The molecule has 6 nitrogen and oxygen atoms in total. The van der Waals surface area contributed by atoms with Gasteiger partial charge in [0.1, 0.15) is 11.6 Å². The maximum absolute atomic E-state index is 12.0. The lowest BCUT2D eigenvalue weighted by Gasteiger charge is -2.06. The average molecular weight is 259 g/mol. The van der Waals surface area contributed by atoms with Crippen molar-refractivity contribution in [3.63, 3.8) is 0 Å². The number of hydrogen-bond donors (Lipinski definition) is 2. The third-order valence-corrected chi connectivity index (χ3v) is 2.64. The Morgan fingerprint density at radius 1 is 1.37 bits per heavy atom. The van der Waals surface area contributed by atoms with Gasteiger partial charge in [-0.25, -0.2) is 4.98 Å². The van der Waals surface area contributed by atoms with Crippen LogP contribution < -0.4 is 10.6 Å². The molecule has 0 spiro atoms. The summed E-state index contributed by atoms with van der Waals surface area (Å²) in [6, 6.07) is 5.28. The molecule has 0 aliphatic carbocycles. The Morgan fingerprint density at radius 3 is 2.79 bits per heavy atom. The highest BCUT2D eigenvalue weighted by molar-refractivity contribution is 6.03. The highest BCUT2D eigenvalue weighted by atomic mass is 16.1. The molecule has 2 aromatic rings. The number of hydrogen-bond acceptors (Lipinski definition) is 4. The van der Waals surface area contributed by atoms with E-state index in [0.717, 1.165) is 18.8 Å². The molecule has 2 aromatic heterocycles. The third kappa shape index (κ3) is 3.31. The Morgan fingerprint density at radius 2 is 2.21 bits per heavy atom. The van der Waals surface area contributed by atoms with Crippen LogP contribution in [0.5, 0.6) is 0 Å². The lowest BCUT2D eigenvalue weighted by Crippen LogP contribution is -2.15.